The Hall–Kier alpha value is -1.27. The summed E-state index contributed by atoms with van der Waals surface area (Å²) >= 11 is 3.53. The quantitative estimate of drug-likeness (QED) is 0.942. The lowest BCUT2D eigenvalue weighted by Crippen LogP contribution is -2.21. The standard InChI is InChI=1S/C12H16BrN5/c1-4-14-9(3)12-15-16-17-18(12)11-7-5-6-10(13)8(11)2/h5-7,9,14H,4H2,1-3H3. The van der Waals surface area contributed by atoms with Crippen molar-refractivity contribution in [2.75, 3.05) is 6.54 Å². The van der Waals surface area contributed by atoms with Gasteiger partial charge in [-0.15, -0.1) is 5.10 Å². The SMILES string of the molecule is CCNC(C)c1nnnn1-c1cccc(Br)c1C. The van der Waals surface area contributed by atoms with Crippen molar-refractivity contribution in [2.24, 2.45) is 0 Å². The summed E-state index contributed by atoms with van der Waals surface area (Å²) in [6.45, 7) is 7.04. The van der Waals surface area contributed by atoms with Gasteiger partial charge in [0.25, 0.3) is 0 Å². The second kappa shape index (κ2) is 5.58. The molecule has 2 aromatic rings. The maximum Gasteiger partial charge on any atom is 0.173 e. The summed E-state index contributed by atoms with van der Waals surface area (Å²) in [5.74, 6) is 0.818. The summed E-state index contributed by atoms with van der Waals surface area (Å²) in [4.78, 5) is 0. The first-order chi connectivity index (χ1) is 8.65. The molecular formula is C12H16BrN5. The van der Waals surface area contributed by atoms with Gasteiger partial charge in [0, 0.05) is 4.47 Å². The zero-order valence-corrected chi connectivity index (χ0v) is 12.3. The van der Waals surface area contributed by atoms with Crippen LogP contribution in [0.3, 0.4) is 0 Å². The van der Waals surface area contributed by atoms with Gasteiger partial charge >= 0.3 is 0 Å². The van der Waals surface area contributed by atoms with Gasteiger partial charge in [-0.1, -0.05) is 28.9 Å². The molecule has 18 heavy (non-hydrogen) atoms. The number of benzene rings is 1. The second-order valence-corrected chi connectivity index (χ2v) is 4.97. The number of nitrogens with one attached hydrogen (secondary N) is 1. The molecule has 1 atom stereocenters. The smallest absolute Gasteiger partial charge is 0.173 e. The highest BCUT2D eigenvalue weighted by Gasteiger charge is 2.16. The van der Waals surface area contributed by atoms with E-state index >= 15 is 0 Å². The van der Waals surface area contributed by atoms with Gasteiger partial charge < -0.3 is 5.32 Å². The number of tetrazole rings is 1. The van der Waals surface area contributed by atoms with Crippen LogP contribution in [0, 0.1) is 6.92 Å². The van der Waals surface area contributed by atoms with E-state index in [1.54, 1.807) is 4.68 Å². The van der Waals surface area contributed by atoms with E-state index in [1.165, 1.54) is 0 Å². The first-order valence-corrected chi connectivity index (χ1v) is 6.71. The zero-order chi connectivity index (χ0) is 13.1. The lowest BCUT2D eigenvalue weighted by molar-refractivity contribution is 0.550. The maximum absolute atomic E-state index is 4.11. The van der Waals surface area contributed by atoms with Gasteiger partial charge in [0.05, 0.1) is 11.7 Å². The summed E-state index contributed by atoms with van der Waals surface area (Å²) < 4.78 is 2.84. The zero-order valence-electron chi connectivity index (χ0n) is 10.7. The Morgan fingerprint density at radius 2 is 2.22 bits per heavy atom. The first kappa shape index (κ1) is 13.2. The molecule has 0 saturated heterocycles. The molecule has 0 aliphatic carbocycles. The van der Waals surface area contributed by atoms with Gasteiger partial charge in [0.2, 0.25) is 0 Å². The molecule has 0 aliphatic heterocycles. The van der Waals surface area contributed by atoms with E-state index in [-0.39, 0.29) is 6.04 Å². The third kappa shape index (κ3) is 2.44. The molecule has 2 rings (SSSR count). The Bertz CT molecular complexity index is 537. The van der Waals surface area contributed by atoms with Crippen LogP contribution >= 0.6 is 15.9 Å². The molecule has 0 radical (unpaired) electrons. The summed E-state index contributed by atoms with van der Waals surface area (Å²) in [5, 5.41) is 15.3. The maximum atomic E-state index is 4.11. The van der Waals surface area contributed by atoms with Crippen molar-refractivity contribution in [1.82, 2.24) is 25.5 Å². The Labute approximate surface area is 115 Å². The van der Waals surface area contributed by atoms with Gasteiger partial charge in [-0.2, -0.15) is 4.68 Å². The van der Waals surface area contributed by atoms with Gasteiger partial charge in [-0.25, -0.2) is 0 Å². The first-order valence-electron chi connectivity index (χ1n) is 5.92. The van der Waals surface area contributed by atoms with E-state index in [1.807, 2.05) is 25.1 Å². The molecule has 0 saturated carbocycles. The van der Waals surface area contributed by atoms with Gasteiger partial charge in [-0.05, 0) is 48.5 Å². The lowest BCUT2D eigenvalue weighted by Gasteiger charge is -2.13. The second-order valence-electron chi connectivity index (χ2n) is 4.11. The van der Waals surface area contributed by atoms with Crippen molar-refractivity contribution < 1.29 is 0 Å². The van der Waals surface area contributed by atoms with Crippen molar-refractivity contribution in [1.29, 1.82) is 0 Å². The fourth-order valence-electron chi connectivity index (χ4n) is 1.86. The summed E-state index contributed by atoms with van der Waals surface area (Å²) in [5.41, 5.74) is 2.11. The topological polar surface area (TPSA) is 55.6 Å². The fraction of sp³-hybridized carbons (Fsp3) is 0.417. The molecule has 0 aliphatic rings. The average molecular weight is 310 g/mol. The summed E-state index contributed by atoms with van der Waals surface area (Å²) in [6, 6.07) is 6.12. The van der Waals surface area contributed by atoms with Crippen molar-refractivity contribution in [3.63, 3.8) is 0 Å². The van der Waals surface area contributed by atoms with Crippen LogP contribution in [-0.4, -0.2) is 26.8 Å². The largest absolute Gasteiger partial charge is 0.308 e. The van der Waals surface area contributed by atoms with Crippen LogP contribution < -0.4 is 5.32 Å². The number of rotatable bonds is 4. The molecule has 1 aromatic heterocycles. The molecule has 0 fully saturated rings. The third-order valence-electron chi connectivity index (χ3n) is 2.86. The predicted molar refractivity (Wildman–Crippen MR) is 73.7 cm³/mol. The van der Waals surface area contributed by atoms with Crippen LogP contribution in [-0.2, 0) is 0 Å². The number of aromatic nitrogens is 4. The van der Waals surface area contributed by atoms with E-state index < -0.39 is 0 Å². The minimum atomic E-state index is 0.114. The van der Waals surface area contributed by atoms with Crippen LogP contribution in [0.15, 0.2) is 22.7 Å². The molecule has 96 valence electrons. The monoisotopic (exact) mass is 309 g/mol. The lowest BCUT2D eigenvalue weighted by atomic mass is 10.2. The number of hydrogen-bond acceptors (Lipinski definition) is 4. The van der Waals surface area contributed by atoms with Gasteiger partial charge in [-0.3, -0.25) is 0 Å². The molecule has 6 heteroatoms. The molecule has 1 N–H and O–H groups in total. The van der Waals surface area contributed by atoms with Crippen LogP contribution in [0.1, 0.15) is 31.3 Å². The average Bonchev–Trinajstić information content (AvgIpc) is 2.82. The fourth-order valence-corrected chi connectivity index (χ4v) is 2.21. The van der Waals surface area contributed by atoms with Crippen LogP contribution in [0.5, 0.6) is 0 Å². The predicted octanol–water partition coefficient (Wildman–Crippen LogP) is 2.40. The number of hydrogen-bond donors (Lipinski definition) is 1. The van der Waals surface area contributed by atoms with Crippen molar-refractivity contribution >= 4 is 15.9 Å². The Morgan fingerprint density at radius 3 is 2.94 bits per heavy atom. The molecule has 0 bridgehead atoms. The highest BCUT2D eigenvalue weighted by atomic mass is 79.9. The van der Waals surface area contributed by atoms with E-state index in [9.17, 15) is 0 Å². The van der Waals surface area contributed by atoms with Crippen LogP contribution in [0.4, 0.5) is 0 Å². The van der Waals surface area contributed by atoms with Crippen molar-refractivity contribution in [2.45, 2.75) is 26.8 Å². The van der Waals surface area contributed by atoms with Gasteiger partial charge in [0.1, 0.15) is 0 Å². The van der Waals surface area contributed by atoms with E-state index in [0.29, 0.717) is 0 Å². The van der Waals surface area contributed by atoms with Crippen LogP contribution in [0.25, 0.3) is 5.69 Å². The Balaban J connectivity index is 2.45. The van der Waals surface area contributed by atoms with E-state index in [2.05, 4.69) is 50.6 Å². The molecule has 5 nitrogen and oxygen atoms in total. The third-order valence-corrected chi connectivity index (χ3v) is 3.72. The summed E-state index contributed by atoms with van der Waals surface area (Å²) in [7, 11) is 0. The number of halogens is 1. The molecule has 1 unspecified atom stereocenters. The van der Waals surface area contributed by atoms with Crippen molar-refractivity contribution in [3.05, 3.63) is 34.1 Å². The van der Waals surface area contributed by atoms with Crippen molar-refractivity contribution in [3.8, 4) is 5.69 Å². The minimum Gasteiger partial charge on any atom is -0.308 e. The highest BCUT2D eigenvalue weighted by molar-refractivity contribution is 9.10. The molecule has 1 heterocycles. The number of nitrogens with zero attached hydrogens (tertiary/aromatic N) is 4. The molecule has 0 spiro atoms. The summed E-state index contributed by atoms with van der Waals surface area (Å²) in [6.07, 6.45) is 0. The van der Waals surface area contributed by atoms with E-state index in [0.717, 1.165) is 28.1 Å². The molecule has 1 aromatic carbocycles. The van der Waals surface area contributed by atoms with Crippen LogP contribution in [0.2, 0.25) is 0 Å². The molecular weight excluding hydrogens is 294 g/mol. The normalized spacial score (nSPS) is 12.7. The Kier molecular flexibility index (Phi) is 4.08. The highest BCUT2D eigenvalue weighted by Crippen LogP contribution is 2.23. The minimum absolute atomic E-state index is 0.114. The van der Waals surface area contributed by atoms with E-state index in [4.69, 9.17) is 0 Å². The van der Waals surface area contributed by atoms with Gasteiger partial charge in [0.15, 0.2) is 5.82 Å². The Morgan fingerprint density at radius 1 is 1.44 bits per heavy atom. The molecule has 0 amide bonds.